The van der Waals surface area contributed by atoms with Gasteiger partial charge >= 0.3 is 0 Å². The first-order valence-electron chi connectivity index (χ1n) is 9.72. The molecule has 1 heterocycles. The number of hydrogen-bond acceptors (Lipinski definition) is 4. The van der Waals surface area contributed by atoms with Crippen molar-refractivity contribution in [1.82, 2.24) is 9.97 Å². The maximum absolute atomic E-state index is 12.7. The highest BCUT2D eigenvalue weighted by Crippen LogP contribution is 2.26. The van der Waals surface area contributed by atoms with Gasteiger partial charge in [0, 0.05) is 18.2 Å². The second kappa shape index (κ2) is 8.69. The van der Waals surface area contributed by atoms with E-state index in [4.69, 9.17) is 9.47 Å². The summed E-state index contributed by atoms with van der Waals surface area (Å²) in [4.78, 5) is 20.7. The largest absolute Gasteiger partial charge is 0.497 e. The van der Waals surface area contributed by atoms with Crippen LogP contribution in [-0.4, -0.2) is 30.1 Å². The molecule has 30 heavy (non-hydrogen) atoms. The molecule has 0 radical (unpaired) electrons. The molecular weight excluding hydrogens is 378 g/mol. The van der Waals surface area contributed by atoms with Crippen molar-refractivity contribution in [2.24, 2.45) is 0 Å². The molecule has 4 rings (SSSR count). The van der Waals surface area contributed by atoms with Crippen molar-refractivity contribution in [3.05, 3.63) is 83.7 Å². The normalized spacial score (nSPS) is 10.7. The van der Waals surface area contributed by atoms with Crippen LogP contribution in [0.25, 0.3) is 11.0 Å². The van der Waals surface area contributed by atoms with Gasteiger partial charge in [0.05, 0.1) is 30.8 Å². The minimum Gasteiger partial charge on any atom is -0.497 e. The fourth-order valence-electron chi connectivity index (χ4n) is 3.35. The lowest BCUT2D eigenvalue weighted by atomic mass is 10.1. The van der Waals surface area contributed by atoms with Gasteiger partial charge in [-0.15, -0.1) is 0 Å². The second-order valence-electron chi connectivity index (χ2n) is 6.92. The highest BCUT2D eigenvalue weighted by Gasteiger charge is 2.14. The van der Waals surface area contributed by atoms with Crippen LogP contribution in [0.15, 0.2) is 66.7 Å². The predicted octanol–water partition coefficient (Wildman–Crippen LogP) is 4.62. The van der Waals surface area contributed by atoms with Crippen LogP contribution in [0, 0.1) is 0 Å². The molecule has 0 atom stereocenters. The van der Waals surface area contributed by atoms with Gasteiger partial charge in [-0.1, -0.05) is 30.3 Å². The molecule has 1 aromatic heterocycles. The van der Waals surface area contributed by atoms with Crippen LogP contribution in [0.3, 0.4) is 0 Å². The summed E-state index contributed by atoms with van der Waals surface area (Å²) in [6, 6.07) is 21.1. The molecular formula is C24H23N3O3. The summed E-state index contributed by atoms with van der Waals surface area (Å²) in [5, 5.41) is 2.92. The number of methoxy groups -OCH3 is 2. The minimum atomic E-state index is -0.252. The van der Waals surface area contributed by atoms with Gasteiger partial charge in [-0.05, 0) is 42.3 Å². The van der Waals surface area contributed by atoms with E-state index in [1.54, 1.807) is 25.3 Å². The lowest BCUT2D eigenvalue weighted by molar-refractivity contribution is 0.102. The molecule has 6 heteroatoms. The smallest absolute Gasteiger partial charge is 0.259 e. The summed E-state index contributed by atoms with van der Waals surface area (Å²) in [6.45, 7) is 0. The molecule has 0 aliphatic heterocycles. The van der Waals surface area contributed by atoms with E-state index >= 15 is 0 Å². The zero-order chi connectivity index (χ0) is 20.9. The molecule has 0 aliphatic rings. The molecule has 1 amide bonds. The van der Waals surface area contributed by atoms with Gasteiger partial charge < -0.3 is 19.8 Å². The Morgan fingerprint density at radius 3 is 2.57 bits per heavy atom. The molecule has 0 saturated carbocycles. The summed E-state index contributed by atoms with van der Waals surface area (Å²) < 4.78 is 10.5. The number of anilines is 1. The Kier molecular flexibility index (Phi) is 5.66. The Labute approximate surface area is 174 Å². The number of hydrogen-bond donors (Lipinski definition) is 2. The number of carbonyl (C=O) groups is 1. The fraction of sp³-hybridized carbons (Fsp3) is 0.167. The summed E-state index contributed by atoms with van der Waals surface area (Å²) in [7, 11) is 3.10. The van der Waals surface area contributed by atoms with Crippen molar-refractivity contribution in [2.75, 3.05) is 19.5 Å². The van der Waals surface area contributed by atoms with E-state index in [1.165, 1.54) is 12.7 Å². The molecule has 6 nitrogen and oxygen atoms in total. The van der Waals surface area contributed by atoms with Crippen molar-refractivity contribution < 1.29 is 14.3 Å². The van der Waals surface area contributed by atoms with Crippen LogP contribution in [0.4, 0.5) is 5.69 Å². The van der Waals surface area contributed by atoms with Gasteiger partial charge in [0.25, 0.3) is 5.91 Å². The van der Waals surface area contributed by atoms with E-state index in [1.807, 2.05) is 36.4 Å². The number of fused-ring (bicyclic) bond motifs is 1. The van der Waals surface area contributed by atoms with Gasteiger partial charge in [-0.25, -0.2) is 4.98 Å². The van der Waals surface area contributed by atoms with Crippen molar-refractivity contribution in [3.8, 4) is 11.5 Å². The SMILES string of the molecule is COc1ccc(C(=O)Nc2ccc3nc(CCc4ccccc4)[nH]c3c2)c(OC)c1. The number of H-pyrrole nitrogens is 1. The van der Waals surface area contributed by atoms with Crippen molar-refractivity contribution in [2.45, 2.75) is 12.8 Å². The van der Waals surface area contributed by atoms with E-state index in [2.05, 4.69) is 27.4 Å². The number of amides is 1. The molecule has 0 fully saturated rings. The molecule has 0 bridgehead atoms. The lowest BCUT2D eigenvalue weighted by Crippen LogP contribution is -2.13. The van der Waals surface area contributed by atoms with Gasteiger partial charge in [0.2, 0.25) is 0 Å². The highest BCUT2D eigenvalue weighted by molar-refractivity contribution is 6.06. The van der Waals surface area contributed by atoms with E-state index in [9.17, 15) is 4.79 Å². The Bertz CT molecular complexity index is 1170. The number of nitrogens with one attached hydrogen (secondary N) is 2. The quantitative estimate of drug-likeness (QED) is 0.474. The number of rotatable bonds is 7. The third-order valence-corrected chi connectivity index (χ3v) is 4.94. The Morgan fingerprint density at radius 2 is 1.80 bits per heavy atom. The molecule has 2 N–H and O–H groups in total. The molecule has 0 saturated heterocycles. The lowest BCUT2D eigenvalue weighted by Gasteiger charge is -2.11. The number of aromatic nitrogens is 2. The summed E-state index contributed by atoms with van der Waals surface area (Å²) in [6.07, 6.45) is 1.74. The van der Waals surface area contributed by atoms with Crippen molar-refractivity contribution >= 4 is 22.6 Å². The number of imidazole rings is 1. The Morgan fingerprint density at radius 1 is 0.967 bits per heavy atom. The average Bonchev–Trinajstić information content (AvgIpc) is 3.20. The van der Waals surface area contributed by atoms with Crippen LogP contribution < -0.4 is 14.8 Å². The van der Waals surface area contributed by atoms with Crippen LogP contribution in [-0.2, 0) is 12.8 Å². The third-order valence-electron chi connectivity index (χ3n) is 4.94. The first-order valence-corrected chi connectivity index (χ1v) is 9.72. The monoisotopic (exact) mass is 401 g/mol. The van der Waals surface area contributed by atoms with E-state index < -0.39 is 0 Å². The van der Waals surface area contributed by atoms with Gasteiger partial charge in [0.15, 0.2) is 0 Å². The van der Waals surface area contributed by atoms with E-state index in [0.717, 1.165) is 29.7 Å². The number of carbonyl (C=O) groups excluding carboxylic acids is 1. The molecule has 152 valence electrons. The fourth-order valence-corrected chi connectivity index (χ4v) is 3.35. The summed E-state index contributed by atoms with van der Waals surface area (Å²) >= 11 is 0. The highest BCUT2D eigenvalue weighted by atomic mass is 16.5. The topological polar surface area (TPSA) is 76.2 Å². The van der Waals surface area contributed by atoms with Crippen LogP contribution in [0.2, 0.25) is 0 Å². The zero-order valence-electron chi connectivity index (χ0n) is 16.9. The van der Waals surface area contributed by atoms with Crippen molar-refractivity contribution in [3.63, 3.8) is 0 Å². The molecule has 4 aromatic rings. The standard InChI is InChI=1S/C24H23N3O3/c1-29-18-10-11-19(22(15-18)30-2)24(28)25-17-9-12-20-21(14-17)27-23(26-20)13-8-16-6-4-3-5-7-16/h3-7,9-12,14-15H,8,13H2,1-2H3,(H,25,28)(H,26,27). The number of nitrogens with zero attached hydrogens (tertiary/aromatic N) is 1. The van der Waals surface area contributed by atoms with Gasteiger partial charge in [-0.2, -0.15) is 0 Å². The second-order valence-corrected chi connectivity index (χ2v) is 6.92. The zero-order valence-corrected chi connectivity index (χ0v) is 16.9. The minimum absolute atomic E-state index is 0.252. The Balaban J connectivity index is 1.49. The van der Waals surface area contributed by atoms with Gasteiger partial charge in [-0.3, -0.25) is 4.79 Å². The van der Waals surface area contributed by atoms with Crippen molar-refractivity contribution in [1.29, 1.82) is 0 Å². The van der Waals surface area contributed by atoms with E-state index in [0.29, 0.717) is 22.7 Å². The molecule has 0 aliphatic carbocycles. The maximum Gasteiger partial charge on any atom is 0.259 e. The average molecular weight is 401 g/mol. The van der Waals surface area contributed by atoms with Gasteiger partial charge in [0.1, 0.15) is 17.3 Å². The van der Waals surface area contributed by atoms with Crippen LogP contribution in [0.5, 0.6) is 11.5 Å². The van der Waals surface area contributed by atoms with Crippen LogP contribution >= 0.6 is 0 Å². The number of benzene rings is 3. The third kappa shape index (κ3) is 4.27. The number of aromatic amines is 1. The number of aryl methyl sites for hydroxylation is 2. The summed E-state index contributed by atoms with van der Waals surface area (Å²) in [5.41, 5.74) is 4.16. The van der Waals surface area contributed by atoms with E-state index in [-0.39, 0.29) is 5.91 Å². The predicted molar refractivity (Wildman–Crippen MR) is 117 cm³/mol. The first kappa shape index (κ1) is 19.5. The van der Waals surface area contributed by atoms with Crippen LogP contribution in [0.1, 0.15) is 21.7 Å². The molecule has 0 unspecified atom stereocenters. The first-order chi connectivity index (χ1) is 14.7. The number of ether oxygens (including phenoxy) is 2. The summed E-state index contributed by atoms with van der Waals surface area (Å²) in [5.74, 6) is 1.76. The Hall–Kier alpha value is -3.80. The molecule has 0 spiro atoms. The maximum atomic E-state index is 12.7. The molecule has 3 aromatic carbocycles.